The van der Waals surface area contributed by atoms with Gasteiger partial charge in [-0.25, -0.2) is 9.18 Å². The Balaban J connectivity index is 1.86. The van der Waals surface area contributed by atoms with Crippen LogP contribution in [0.5, 0.6) is 0 Å². The summed E-state index contributed by atoms with van der Waals surface area (Å²) in [6.07, 6.45) is 6.60. The number of hydrogen-bond donors (Lipinski definition) is 2. The number of urea groups is 1. The molecule has 4 nitrogen and oxygen atoms in total. The summed E-state index contributed by atoms with van der Waals surface area (Å²) < 4.78 is 13.0. The zero-order chi connectivity index (χ0) is 17.4. The van der Waals surface area contributed by atoms with Crippen LogP contribution in [0.1, 0.15) is 44.6 Å². The molecule has 2 atom stereocenters. The first kappa shape index (κ1) is 18.7. The van der Waals surface area contributed by atoms with Crippen molar-refractivity contribution < 1.29 is 9.18 Å². The van der Waals surface area contributed by atoms with Gasteiger partial charge in [0.05, 0.1) is 0 Å². The van der Waals surface area contributed by atoms with Gasteiger partial charge in [-0.1, -0.05) is 19.1 Å². The number of primary amides is 1. The first-order valence-electron chi connectivity index (χ1n) is 9.10. The first-order valence-corrected chi connectivity index (χ1v) is 9.10. The van der Waals surface area contributed by atoms with E-state index in [1.165, 1.54) is 24.8 Å². The summed E-state index contributed by atoms with van der Waals surface area (Å²) in [5, 5.41) is 2.67. The summed E-state index contributed by atoms with van der Waals surface area (Å²) in [5.74, 6) is 0.481. The standard InChI is InChI=1S/C19H30FN3O/c1-2-11-23-12-9-16(13-15-5-7-17(20)8-6-15)14-18(23)4-3-10-22-19(21)24/h5-8,16,18H,2-4,9-14H2,1H3,(H3,21,22,24)/t16-,18-/m0/s1. The van der Waals surface area contributed by atoms with Crippen molar-refractivity contribution in [3.63, 3.8) is 0 Å². The van der Waals surface area contributed by atoms with Crippen LogP contribution in [0.25, 0.3) is 0 Å². The summed E-state index contributed by atoms with van der Waals surface area (Å²) >= 11 is 0. The van der Waals surface area contributed by atoms with E-state index in [2.05, 4.69) is 17.1 Å². The van der Waals surface area contributed by atoms with Gasteiger partial charge in [0.25, 0.3) is 0 Å². The van der Waals surface area contributed by atoms with Crippen LogP contribution < -0.4 is 11.1 Å². The van der Waals surface area contributed by atoms with Gasteiger partial charge in [-0.2, -0.15) is 0 Å². The van der Waals surface area contributed by atoms with E-state index in [4.69, 9.17) is 5.73 Å². The van der Waals surface area contributed by atoms with Crippen LogP contribution in [0.2, 0.25) is 0 Å². The molecule has 5 heteroatoms. The Morgan fingerprint density at radius 2 is 2.12 bits per heavy atom. The van der Waals surface area contributed by atoms with Crippen molar-refractivity contribution in [3.05, 3.63) is 35.6 Å². The number of carbonyl (C=O) groups is 1. The van der Waals surface area contributed by atoms with Crippen LogP contribution in [0.3, 0.4) is 0 Å². The van der Waals surface area contributed by atoms with Crippen LogP contribution in [0.15, 0.2) is 24.3 Å². The minimum absolute atomic E-state index is 0.170. The molecule has 1 saturated heterocycles. The summed E-state index contributed by atoms with van der Waals surface area (Å²) in [7, 11) is 0. The zero-order valence-electron chi connectivity index (χ0n) is 14.6. The van der Waals surface area contributed by atoms with Crippen molar-refractivity contribution in [2.45, 2.75) is 51.5 Å². The van der Waals surface area contributed by atoms with E-state index in [0.29, 0.717) is 18.5 Å². The number of amides is 2. The molecule has 0 aromatic heterocycles. The van der Waals surface area contributed by atoms with E-state index in [1.807, 2.05) is 12.1 Å². The molecule has 2 amide bonds. The highest BCUT2D eigenvalue weighted by molar-refractivity contribution is 5.71. The smallest absolute Gasteiger partial charge is 0.312 e. The molecule has 24 heavy (non-hydrogen) atoms. The second kappa shape index (κ2) is 9.62. The molecule has 1 fully saturated rings. The molecule has 3 N–H and O–H groups in total. The molecular formula is C19H30FN3O. The Morgan fingerprint density at radius 3 is 2.79 bits per heavy atom. The molecule has 1 aliphatic heterocycles. The Labute approximate surface area is 144 Å². The van der Waals surface area contributed by atoms with E-state index in [1.54, 1.807) is 12.1 Å². The lowest BCUT2D eigenvalue weighted by Crippen LogP contribution is -2.43. The third kappa shape index (κ3) is 6.11. The average molecular weight is 335 g/mol. The molecule has 0 bridgehead atoms. The molecular weight excluding hydrogens is 305 g/mol. The van der Waals surface area contributed by atoms with Gasteiger partial charge >= 0.3 is 6.03 Å². The van der Waals surface area contributed by atoms with Crippen molar-refractivity contribution in [2.75, 3.05) is 19.6 Å². The van der Waals surface area contributed by atoms with Crippen molar-refractivity contribution >= 4 is 6.03 Å². The van der Waals surface area contributed by atoms with Gasteiger partial charge in [-0.3, -0.25) is 0 Å². The third-order valence-corrected chi connectivity index (χ3v) is 4.91. The van der Waals surface area contributed by atoms with Gasteiger partial charge < -0.3 is 16.0 Å². The highest BCUT2D eigenvalue weighted by Crippen LogP contribution is 2.28. The first-order chi connectivity index (χ1) is 11.6. The van der Waals surface area contributed by atoms with Gasteiger partial charge in [0, 0.05) is 12.6 Å². The molecule has 0 aliphatic carbocycles. The van der Waals surface area contributed by atoms with E-state index in [0.717, 1.165) is 32.4 Å². The molecule has 0 spiro atoms. The quantitative estimate of drug-likeness (QED) is 0.716. The number of halogens is 1. The predicted octanol–water partition coefficient (Wildman–Crippen LogP) is 3.31. The molecule has 1 heterocycles. The fourth-order valence-electron chi connectivity index (χ4n) is 3.75. The number of rotatable bonds is 8. The normalized spacial score (nSPS) is 21.6. The Hall–Kier alpha value is -1.62. The lowest BCUT2D eigenvalue weighted by atomic mass is 9.84. The fraction of sp³-hybridized carbons (Fsp3) is 0.632. The maximum atomic E-state index is 13.0. The molecule has 0 unspecified atom stereocenters. The van der Waals surface area contributed by atoms with E-state index < -0.39 is 6.03 Å². The number of benzene rings is 1. The van der Waals surface area contributed by atoms with E-state index >= 15 is 0 Å². The number of carbonyl (C=O) groups excluding carboxylic acids is 1. The van der Waals surface area contributed by atoms with Crippen LogP contribution in [0, 0.1) is 11.7 Å². The number of nitrogens with one attached hydrogen (secondary N) is 1. The molecule has 0 radical (unpaired) electrons. The fourth-order valence-corrected chi connectivity index (χ4v) is 3.75. The maximum absolute atomic E-state index is 13.0. The van der Waals surface area contributed by atoms with Crippen LogP contribution in [0.4, 0.5) is 9.18 Å². The number of nitrogens with zero attached hydrogens (tertiary/aromatic N) is 1. The summed E-state index contributed by atoms with van der Waals surface area (Å²) in [6, 6.07) is 7.03. The minimum Gasteiger partial charge on any atom is -0.352 e. The minimum atomic E-state index is -0.446. The van der Waals surface area contributed by atoms with Gasteiger partial charge in [-0.15, -0.1) is 0 Å². The lowest BCUT2D eigenvalue weighted by molar-refractivity contribution is 0.104. The third-order valence-electron chi connectivity index (χ3n) is 4.91. The van der Waals surface area contributed by atoms with Crippen LogP contribution in [-0.2, 0) is 6.42 Å². The van der Waals surface area contributed by atoms with Gasteiger partial charge in [0.15, 0.2) is 0 Å². The SMILES string of the molecule is CCCN1CC[C@@H](Cc2ccc(F)cc2)C[C@@H]1CCCNC(N)=O. The van der Waals surface area contributed by atoms with E-state index in [9.17, 15) is 9.18 Å². The van der Waals surface area contributed by atoms with Crippen LogP contribution in [-0.4, -0.2) is 36.6 Å². The molecule has 1 aliphatic rings. The summed E-state index contributed by atoms with van der Waals surface area (Å²) in [5.41, 5.74) is 6.34. The Bertz CT molecular complexity index is 506. The second-order valence-electron chi connectivity index (χ2n) is 6.84. The van der Waals surface area contributed by atoms with Crippen LogP contribution >= 0.6 is 0 Å². The Kier molecular flexibility index (Phi) is 7.50. The Morgan fingerprint density at radius 1 is 1.38 bits per heavy atom. The van der Waals surface area contributed by atoms with E-state index in [-0.39, 0.29) is 5.82 Å². The highest BCUT2D eigenvalue weighted by Gasteiger charge is 2.27. The molecule has 1 aromatic rings. The molecule has 0 saturated carbocycles. The number of piperidine rings is 1. The van der Waals surface area contributed by atoms with Gasteiger partial charge in [0.1, 0.15) is 5.82 Å². The predicted molar refractivity (Wildman–Crippen MR) is 95.3 cm³/mol. The second-order valence-corrected chi connectivity index (χ2v) is 6.84. The number of nitrogens with two attached hydrogens (primary N) is 1. The maximum Gasteiger partial charge on any atom is 0.312 e. The number of likely N-dealkylation sites (tertiary alicyclic amines) is 1. The van der Waals surface area contributed by atoms with Gasteiger partial charge in [-0.05, 0) is 75.2 Å². The van der Waals surface area contributed by atoms with Crippen molar-refractivity contribution in [1.29, 1.82) is 0 Å². The topological polar surface area (TPSA) is 58.4 Å². The van der Waals surface area contributed by atoms with Crippen molar-refractivity contribution in [3.8, 4) is 0 Å². The van der Waals surface area contributed by atoms with Crippen molar-refractivity contribution in [2.24, 2.45) is 11.7 Å². The summed E-state index contributed by atoms with van der Waals surface area (Å²) in [6.45, 7) is 5.13. The lowest BCUT2D eigenvalue weighted by Gasteiger charge is -2.40. The molecule has 2 rings (SSSR count). The highest BCUT2D eigenvalue weighted by atomic mass is 19.1. The number of hydrogen-bond acceptors (Lipinski definition) is 2. The monoisotopic (exact) mass is 335 g/mol. The molecule has 1 aromatic carbocycles. The molecule has 134 valence electrons. The average Bonchev–Trinajstić information content (AvgIpc) is 2.56. The van der Waals surface area contributed by atoms with Crippen molar-refractivity contribution in [1.82, 2.24) is 10.2 Å². The van der Waals surface area contributed by atoms with Gasteiger partial charge in [0.2, 0.25) is 0 Å². The zero-order valence-corrected chi connectivity index (χ0v) is 14.6. The largest absolute Gasteiger partial charge is 0.352 e. The summed E-state index contributed by atoms with van der Waals surface area (Å²) in [4.78, 5) is 13.4.